The quantitative estimate of drug-likeness (QED) is 0.113. The molecule has 0 bridgehead atoms. The Bertz CT molecular complexity index is 1920. The fourth-order valence-electron chi connectivity index (χ4n) is 4.13. The van der Waals surface area contributed by atoms with Crippen molar-refractivity contribution in [1.82, 2.24) is 0 Å². The molecule has 0 amide bonds. The van der Waals surface area contributed by atoms with Gasteiger partial charge < -0.3 is 4.74 Å². The number of hydrogen-bond donors (Lipinski definition) is 0. The van der Waals surface area contributed by atoms with Gasteiger partial charge >= 0.3 is 12.3 Å². The molecule has 0 saturated carbocycles. The highest BCUT2D eigenvalue weighted by Gasteiger charge is 2.41. The predicted octanol–water partition coefficient (Wildman–Crippen LogP) is 9.73. The first-order valence-electron chi connectivity index (χ1n) is 13.0. The summed E-state index contributed by atoms with van der Waals surface area (Å²) in [6, 6.07) is 5.07. The number of aryl methyl sites for hydroxylation is 1. The number of alkyl halides is 5. The lowest BCUT2D eigenvalue weighted by atomic mass is 10.0. The molecule has 0 aliphatic heterocycles. The second kappa shape index (κ2) is 13.6. The minimum Gasteiger partial charge on any atom is -0.429 e. The van der Waals surface area contributed by atoms with Gasteiger partial charge in [-0.2, -0.15) is 22.0 Å². The van der Waals surface area contributed by atoms with Crippen molar-refractivity contribution >= 4 is 0 Å². The summed E-state index contributed by atoms with van der Waals surface area (Å²) in [6.07, 6.45) is -7.79. The molecule has 0 heterocycles. The van der Waals surface area contributed by atoms with E-state index in [9.17, 15) is 52.7 Å². The molecule has 13 heteroatoms. The third kappa shape index (κ3) is 8.11. The number of hydrogen-bond acceptors (Lipinski definition) is 1. The maximum Gasteiger partial charge on any atom is 0.432 e. The van der Waals surface area contributed by atoms with E-state index in [0.29, 0.717) is 42.7 Å². The van der Waals surface area contributed by atoms with Gasteiger partial charge in [0.05, 0.1) is 11.1 Å². The highest BCUT2D eigenvalue weighted by Crippen LogP contribution is 2.36. The Morgan fingerprint density at radius 3 is 1.60 bits per heavy atom. The number of benzene rings is 4. The highest BCUT2D eigenvalue weighted by atomic mass is 19.4. The Balaban J connectivity index is 1.54. The first-order chi connectivity index (χ1) is 22.0. The molecular weight excluding hydrogens is 652 g/mol. The lowest BCUT2D eigenvalue weighted by Crippen LogP contribution is -2.25. The van der Waals surface area contributed by atoms with Crippen molar-refractivity contribution in [3.05, 3.63) is 147 Å². The molecule has 242 valence electrons. The third-order valence-electron chi connectivity index (χ3n) is 6.26. The van der Waals surface area contributed by atoms with Crippen molar-refractivity contribution in [2.45, 2.75) is 25.1 Å². The van der Waals surface area contributed by atoms with Gasteiger partial charge in [0.25, 0.3) is 0 Å². The maximum absolute atomic E-state index is 14.8. The molecule has 0 spiro atoms. The van der Waals surface area contributed by atoms with E-state index in [-0.39, 0.29) is 12.1 Å². The first kappa shape index (κ1) is 34.6. The molecule has 0 aromatic heterocycles. The Morgan fingerprint density at radius 2 is 1.11 bits per heavy atom. The highest BCUT2D eigenvalue weighted by molar-refractivity contribution is 5.48. The molecule has 0 atom stereocenters. The molecular formula is C34H16F12O. The molecule has 0 saturated heterocycles. The molecule has 4 aromatic carbocycles. The summed E-state index contributed by atoms with van der Waals surface area (Å²) >= 11 is 0. The van der Waals surface area contributed by atoms with Crippen LogP contribution in [-0.2, 0) is 18.7 Å². The van der Waals surface area contributed by atoms with E-state index in [0.717, 1.165) is 18.2 Å². The minimum absolute atomic E-state index is 0.258. The molecule has 0 radical (unpaired) electrons. The monoisotopic (exact) mass is 668 g/mol. The van der Waals surface area contributed by atoms with Gasteiger partial charge in [0.15, 0.2) is 0 Å². The van der Waals surface area contributed by atoms with E-state index >= 15 is 0 Å². The number of rotatable bonds is 6. The van der Waals surface area contributed by atoms with Gasteiger partial charge in [-0.15, -0.1) is 6.58 Å². The SMILES string of the molecule is C=CCCc1cc(F)c(C#Cc2cc(F)c(C(F)(F)Oc3ccc(C#Cc4cc(F)c(C(F)(F)F)c(F)c4)c(F)c3)c(F)c2)c(F)c1. The average molecular weight is 668 g/mol. The van der Waals surface area contributed by atoms with Gasteiger partial charge in [0, 0.05) is 17.2 Å². The number of allylic oxidation sites excluding steroid dienone is 1. The number of ether oxygens (including phenoxy) is 1. The van der Waals surface area contributed by atoms with Crippen molar-refractivity contribution < 1.29 is 57.4 Å². The van der Waals surface area contributed by atoms with Crippen LogP contribution < -0.4 is 4.74 Å². The van der Waals surface area contributed by atoms with E-state index < -0.39 is 92.1 Å². The van der Waals surface area contributed by atoms with Crippen LogP contribution in [-0.4, -0.2) is 0 Å². The summed E-state index contributed by atoms with van der Waals surface area (Å²) in [5, 5.41) is 0. The molecule has 1 nitrogen and oxygen atoms in total. The van der Waals surface area contributed by atoms with E-state index in [1.807, 2.05) is 5.92 Å². The van der Waals surface area contributed by atoms with Crippen molar-refractivity contribution in [3.8, 4) is 29.4 Å². The van der Waals surface area contributed by atoms with Crippen LogP contribution in [0.15, 0.2) is 67.3 Å². The molecule has 0 fully saturated rings. The Hall–Kier alpha value is -5.30. The van der Waals surface area contributed by atoms with E-state index in [1.54, 1.807) is 6.08 Å². The largest absolute Gasteiger partial charge is 0.432 e. The molecule has 0 unspecified atom stereocenters. The zero-order valence-electron chi connectivity index (χ0n) is 23.3. The van der Waals surface area contributed by atoms with Crippen molar-refractivity contribution in [1.29, 1.82) is 0 Å². The van der Waals surface area contributed by atoms with Crippen molar-refractivity contribution in [3.63, 3.8) is 0 Å². The fourth-order valence-corrected chi connectivity index (χ4v) is 4.13. The topological polar surface area (TPSA) is 9.23 Å². The first-order valence-corrected chi connectivity index (χ1v) is 13.0. The van der Waals surface area contributed by atoms with Gasteiger partial charge in [-0.1, -0.05) is 29.8 Å². The fraction of sp³-hybridized carbons (Fsp3) is 0.118. The summed E-state index contributed by atoms with van der Waals surface area (Å²) in [4.78, 5) is 0. The maximum atomic E-state index is 14.8. The van der Waals surface area contributed by atoms with Crippen LogP contribution in [0.3, 0.4) is 0 Å². The molecule has 47 heavy (non-hydrogen) atoms. The van der Waals surface area contributed by atoms with Crippen LogP contribution in [0, 0.1) is 64.4 Å². The lowest BCUT2D eigenvalue weighted by Gasteiger charge is -2.19. The summed E-state index contributed by atoms with van der Waals surface area (Å²) in [7, 11) is 0. The zero-order valence-corrected chi connectivity index (χ0v) is 23.3. The van der Waals surface area contributed by atoms with Crippen LogP contribution in [0.25, 0.3) is 0 Å². The number of halogens is 12. The molecule has 4 aromatic rings. The molecule has 0 N–H and O–H groups in total. The van der Waals surface area contributed by atoms with E-state index in [4.69, 9.17) is 0 Å². The normalized spacial score (nSPS) is 11.3. The van der Waals surface area contributed by atoms with Crippen LogP contribution in [0.5, 0.6) is 5.75 Å². The summed E-state index contributed by atoms with van der Waals surface area (Å²) < 4.78 is 172. The summed E-state index contributed by atoms with van der Waals surface area (Å²) in [5.74, 6) is -3.81. The van der Waals surface area contributed by atoms with Crippen LogP contribution in [0.1, 0.15) is 45.4 Å². The second-order valence-electron chi connectivity index (χ2n) is 9.65. The Labute approximate surface area is 259 Å². The predicted molar refractivity (Wildman–Crippen MR) is 145 cm³/mol. The van der Waals surface area contributed by atoms with Gasteiger partial charge in [0.1, 0.15) is 57.6 Å². The summed E-state index contributed by atoms with van der Waals surface area (Å²) in [5.41, 5.74) is -6.20. The van der Waals surface area contributed by atoms with Crippen LogP contribution >= 0.6 is 0 Å². The molecule has 0 aliphatic rings. The lowest BCUT2D eigenvalue weighted by molar-refractivity contribution is -0.189. The second-order valence-corrected chi connectivity index (χ2v) is 9.65. The van der Waals surface area contributed by atoms with E-state index in [2.05, 4.69) is 29.1 Å². The standard InChI is InChI=1S/C34H16F12O/c1-2-3-4-18-11-25(36)23(26(37)12-18)10-6-20-15-29(40)32(30(41)16-20)34(45,46)47-22-9-8-21(24(35)17-22)7-5-19-13-27(38)31(28(39)14-19)33(42,43)44/h2,8-9,11-17H,1,3-4H2. The van der Waals surface area contributed by atoms with E-state index in [1.165, 1.54) is 0 Å². The summed E-state index contributed by atoms with van der Waals surface area (Å²) in [6.45, 7) is 3.50. The minimum atomic E-state index is -5.33. The third-order valence-corrected chi connectivity index (χ3v) is 6.26. The van der Waals surface area contributed by atoms with Crippen molar-refractivity contribution in [2.24, 2.45) is 0 Å². The van der Waals surface area contributed by atoms with Gasteiger partial charge in [-0.25, -0.2) is 30.7 Å². The van der Waals surface area contributed by atoms with Gasteiger partial charge in [0.2, 0.25) is 0 Å². The molecule has 4 rings (SSSR count). The van der Waals surface area contributed by atoms with Crippen LogP contribution in [0.4, 0.5) is 52.7 Å². The van der Waals surface area contributed by atoms with Crippen LogP contribution in [0.2, 0.25) is 0 Å². The Kier molecular flexibility index (Phi) is 10.00. The van der Waals surface area contributed by atoms with Gasteiger partial charge in [-0.05, 0) is 66.9 Å². The van der Waals surface area contributed by atoms with Gasteiger partial charge in [-0.3, -0.25) is 0 Å². The average Bonchev–Trinajstić information content (AvgIpc) is 2.93. The van der Waals surface area contributed by atoms with Crippen molar-refractivity contribution in [2.75, 3.05) is 0 Å². The Morgan fingerprint density at radius 1 is 0.596 bits per heavy atom. The zero-order chi connectivity index (χ0) is 34.7. The molecule has 0 aliphatic carbocycles. The smallest absolute Gasteiger partial charge is 0.429 e.